The van der Waals surface area contributed by atoms with Gasteiger partial charge in [0.15, 0.2) is 0 Å². The number of anilines is 1. The number of carbonyl (C=O) groups excluding carboxylic acids is 2. The van der Waals surface area contributed by atoms with Crippen LogP contribution in [0.4, 0.5) is 10.5 Å². The van der Waals surface area contributed by atoms with E-state index in [0.717, 1.165) is 10.6 Å². The third-order valence-electron chi connectivity index (χ3n) is 4.57. The zero-order valence-electron chi connectivity index (χ0n) is 16.9. The average molecular weight is 448 g/mol. The van der Waals surface area contributed by atoms with Crippen LogP contribution in [0.2, 0.25) is 5.02 Å². The minimum atomic E-state index is -3.77. The van der Waals surface area contributed by atoms with Crippen molar-refractivity contribution in [1.29, 1.82) is 0 Å². The van der Waals surface area contributed by atoms with Crippen molar-refractivity contribution in [3.05, 3.63) is 23.2 Å². The average Bonchev–Trinajstić information content (AvgIpc) is 2.67. The summed E-state index contributed by atoms with van der Waals surface area (Å²) in [5, 5.41) is 0.237. The van der Waals surface area contributed by atoms with Gasteiger partial charge in [-0.2, -0.15) is 0 Å². The van der Waals surface area contributed by atoms with E-state index < -0.39 is 22.2 Å². The predicted octanol–water partition coefficient (Wildman–Crippen LogP) is 1.80. The van der Waals surface area contributed by atoms with E-state index in [1.807, 2.05) is 0 Å². The van der Waals surface area contributed by atoms with Crippen LogP contribution in [0.5, 0.6) is 5.75 Å². The van der Waals surface area contributed by atoms with Crippen molar-refractivity contribution in [3.63, 3.8) is 0 Å². The molecule has 29 heavy (non-hydrogen) atoms. The maximum Gasteiger partial charge on any atom is 0.409 e. The lowest BCUT2D eigenvalue weighted by molar-refractivity contribution is -0.133. The summed E-state index contributed by atoms with van der Waals surface area (Å²) in [4.78, 5) is 27.9. The monoisotopic (exact) mass is 447 g/mol. The van der Waals surface area contributed by atoms with Gasteiger partial charge in [-0.15, -0.1) is 0 Å². The van der Waals surface area contributed by atoms with Crippen molar-refractivity contribution in [2.24, 2.45) is 0 Å². The SMILES string of the molecule is CCOC(=O)N1CCN(C(=O)C(C)N(c2ccc(OC)c(Cl)c2)S(C)(=O)=O)CC1. The Morgan fingerprint density at radius 3 is 2.28 bits per heavy atom. The van der Waals surface area contributed by atoms with Gasteiger partial charge in [-0.3, -0.25) is 9.10 Å². The largest absolute Gasteiger partial charge is 0.495 e. The molecule has 1 fully saturated rings. The molecule has 9 nitrogen and oxygen atoms in total. The molecule has 0 aromatic heterocycles. The molecule has 1 unspecified atom stereocenters. The molecule has 1 saturated heterocycles. The Balaban J connectivity index is 2.18. The quantitative estimate of drug-likeness (QED) is 0.659. The second-order valence-electron chi connectivity index (χ2n) is 6.56. The molecular weight excluding hydrogens is 422 g/mol. The smallest absolute Gasteiger partial charge is 0.409 e. The number of carbonyl (C=O) groups is 2. The summed E-state index contributed by atoms with van der Waals surface area (Å²) in [6.45, 7) is 4.77. The minimum Gasteiger partial charge on any atom is -0.495 e. The number of benzene rings is 1. The topological polar surface area (TPSA) is 96.5 Å². The number of ether oxygens (including phenoxy) is 2. The van der Waals surface area contributed by atoms with Gasteiger partial charge in [0.1, 0.15) is 11.8 Å². The molecule has 1 atom stereocenters. The minimum absolute atomic E-state index is 0.237. The van der Waals surface area contributed by atoms with Crippen molar-refractivity contribution < 1.29 is 27.5 Å². The van der Waals surface area contributed by atoms with Crippen molar-refractivity contribution in [1.82, 2.24) is 9.80 Å². The normalized spacial score (nSPS) is 15.6. The first-order chi connectivity index (χ1) is 13.6. The zero-order valence-corrected chi connectivity index (χ0v) is 18.5. The Hall–Kier alpha value is -2.20. The Morgan fingerprint density at radius 2 is 1.79 bits per heavy atom. The fourth-order valence-electron chi connectivity index (χ4n) is 3.18. The summed E-state index contributed by atoms with van der Waals surface area (Å²) in [7, 11) is -2.31. The van der Waals surface area contributed by atoms with Crippen LogP contribution in [0, 0.1) is 0 Å². The summed E-state index contributed by atoms with van der Waals surface area (Å²) in [5.41, 5.74) is 0.268. The summed E-state index contributed by atoms with van der Waals surface area (Å²) in [6.07, 6.45) is 0.617. The molecule has 2 amide bonds. The maximum atomic E-state index is 13.0. The fourth-order valence-corrected chi connectivity index (χ4v) is 4.60. The van der Waals surface area contributed by atoms with Gasteiger partial charge in [0.25, 0.3) is 0 Å². The summed E-state index contributed by atoms with van der Waals surface area (Å²) in [5.74, 6) is 0.0452. The number of hydrogen-bond donors (Lipinski definition) is 0. The number of halogens is 1. The third-order valence-corrected chi connectivity index (χ3v) is 6.11. The highest BCUT2D eigenvalue weighted by Crippen LogP contribution is 2.31. The van der Waals surface area contributed by atoms with Crippen LogP contribution >= 0.6 is 11.6 Å². The Bertz CT molecular complexity index is 855. The van der Waals surface area contributed by atoms with Gasteiger partial charge < -0.3 is 19.3 Å². The van der Waals surface area contributed by atoms with Crippen molar-refractivity contribution in [2.45, 2.75) is 19.9 Å². The van der Waals surface area contributed by atoms with Crippen LogP contribution in [0.1, 0.15) is 13.8 Å². The number of rotatable bonds is 6. The summed E-state index contributed by atoms with van der Waals surface area (Å²) < 4.78 is 36.0. The highest BCUT2D eigenvalue weighted by atomic mass is 35.5. The van der Waals surface area contributed by atoms with Crippen molar-refractivity contribution >= 4 is 39.3 Å². The molecular formula is C18H26ClN3O6S. The first-order valence-electron chi connectivity index (χ1n) is 9.13. The highest BCUT2D eigenvalue weighted by molar-refractivity contribution is 7.92. The molecule has 1 heterocycles. The molecule has 1 aliphatic heterocycles. The molecule has 0 N–H and O–H groups in total. The van der Waals surface area contributed by atoms with Gasteiger partial charge in [-0.25, -0.2) is 13.2 Å². The van der Waals surface area contributed by atoms with Gasteiger partial charge in [0.2, 0.25) is 15.9 Å². The molecule has 0 bridgehead atoms. The second kappa shape index (κ2) is 9.53. The van der Waals surface area contributed by atoms with E-state index in [2.05, 4.69) is 0 Å². The van der Waals surface area contributed by atoms with Crippen LogP contribution in [0.15, 0.2) is 18.2 Å². The van der Waals surface area contributed by atoms with Gasteiger partial charge in [-0.05, 0) is 32.0 Å². The molecule has 0 saturated carbocycles. The lowest BCUT2D eigenvalue weighted by Crippen LogP contribution is -2.56. The van der Waals surface area contributed by atoms with Crippen molar-refractivity contribution in [3.8, 4) is 5.75 Å². The van der Waals surface area contributed by atoms with Crippen LogP contribution in [0.25, 0.3) is 0 Å². The van der Waals surface area contributed by atoms with Gasteiger partial charge >= 0.3 is 6.09 Å². The molecule has 0 radical (unpaired) electrons. The van der Waals surface area contributed by atoms with Crippen LogP contribution in [-0.2, 0) is 19.6 Å². The van der Waals surface area contributed by atoms with Crippen LogP contribution < -0.4 is 9.04 Å². The molecule has 1 aliphatic rings. The molecule has 162 valence electrons. The lowest BCUT2D eigenvalue weighted by atomic mass is 10.2. The Morgan fingerprint density at radius 1 is 1.21 bits per heavy atom. The second-order valence-corrected chi connectivity index (χ2v) is 8.83. The van der Waals surface area contributed by atoms with Crippen LogP contribution in [0.3, 0.4) is 0 Å². The van der Waals surface area contributed by atoms with E-state index >= 15 is 0 Å². The van der Waals surface area contributed by atoms with Gasteiger partial charge in [0.05, 0.1) is 30.7 Å². The van der Waals surface area contributed by atoms with Gasteiger partial charge in [-0.1, -0.05) is 11.6 Å². The van der Waals surface area contributed by atoms with Crippen molar-refractivity contribution in [2.75, 3.05) is 50.5 Å². The lowest BCUT2D eigenvalue weighted by Gasteiger charge is -2.37. The Labute approximate surface area is 176 Å². The van der Waals surface area contributed by atoms with Gasteiger partial charge in [0, 0.05) is 26.2 Å². The molecule has 0 aliphatic carbocycles. The Kier molecular flexibility index (Phi) is 7.59. The number of nitrogens with zero attached hydrogens (tertiary/aromatic N) is 3. The number of sulfonamides is 1. The number of amides is 2. The molecule has 1 aromatic rings. The fraction of sp³-hybridized carbons (Fsp3) is 0.556. The molecule has 0 spiro atoms. The summed E-state index contributed by atoms with van der Waals surface area (Å²) >= 11 is 6.14. The van der Waals surface area contributed by atoms with Crippen LogP contribution in [-0.4, -0.2) is 82.4 Å². The number of piperazine rings is 1. The first-order valence-corrected chi connectivity index (χ1v) is 11.4. The first kappa shape index (κ1) is 23.1. The van der Waals surface area contributed by atoms with E-state index in [1.165, 1.54) is 31.1 Å². The molecule has 1 aromatic carbocycles. The number of hydrogen-bond acceptors (Lipinski definition) is 6. The molecule has 2 rings (SSSR count). The van der Waals surface area contributed by atoms with E-state index in [4.69, 9.17) is 21.1 Å². The molecule has 11 heteroatoms. The van der Waals surface area contributed by atoms with E-state index in [1.54, 1.807) is 17.9 Å². The summed E-state index contributed by atoms with van der Waals surface area (Å²) in [6, 6.07) is 3.55. The standard InChI is InChI=1S/C18H26ClN3O6S/c1-5-28-18(24)21-10-8-20(9-11-21)17(23)13(2)22(29(4,25)26)14-6-7-16(27-3)15(19)12-14/h6-7,12-13H,5,8-11H2,1-4H3. The predicted molar refractivity (Wildman–Crippen MR) is 110 cm³/mol. The van der Waals surface area contributed by atoms with E-state index in [0.29, 0.717) is 31.9 Å². The highest BCUT2D eigenvalue weighted by Gasteiger charge is 2.34. The zero-order chi connectivity index (χ0) is 21.8. The third kappa shape index (κ3) is 5.45. The maximum absolute atomic E-state index is 13.0. The number of methoxy groups -OCH3 is 1. The van der Waals surface area contributed by atoms with E-state index in [9.17, 15) is 18.0 Å². The van der Waals surface area contributed by atoms with E-state index in [-0.39, 0.29) is 23.2 Å².